The number of Topliss-reactive ketones (excluding diaryl/α,β-unsaturated/α-hetero) is 2. The lowest BCUT2D eigenvalue weighted by molar-refractivity contribution is -0.137. The van der Waals surface area contributed by atoms with Gasteiger partial charge in [-0.3, -0.25) is 14.6 Å². The van der Waals surface area contributed by atoms with Gasteiger partial charge in [0.05, 0.1) is 11.3 Å². The van der Waals surface area contributed by atoms with E-state index in [1.807, 2.05) is 30.3 Å². The smallest absolute Gasteiger partial charge is 0.298 e. The van der Waals surface area contributed by atoms with Gasteiger partial charge in [0.15, 0.2) is 5.78 Å². The zero-order valence-electron chi connectivity index (χ0n) is 13.7. The molecule has 0 bridgehead atoms. The molecule has 0 spiro atoms. The number of nitrogens with zero attached hydrogens (tertiary/aromatic N) is 1. The largest absolute Gasteiger partial charge is 0.416 e. The molecule has 26 heavy (non-hydrogen) atoms. The second-order valence-electron chi connectivity index (χ2n) is 6.17. The molecule has 1 aliphatic rings. The highest BCUT2D eigenvalue weighted by Gasteiger charge is 2.36. The molecule has 0 N–H and O–H groups in total. The lowest BCUT2D eigenvalue weighted by atomic mass is 9.76. The van der Waals surface area contributed by atoms with Crippen LogP contribution in [0.4, 0.5) is 18.9 Å². The molecule has 2 unspecified atom stereocenters. The predicted octanol–water partition coefficient (Wildman–Crippen LogP) is 4.74. The maximum Gasteiger partial charge on any atom is 0.416 e. The summed E-state index contributed by atoms with van der Waals surface area (Å²) in [5.41, 5.74) is 0.0698. The third-order valence-electron chi connectivity index (χ3n) is 4.42. The number of carbonyl (C=O) groups is 2. The first kappa shape index (κ1) is 18.0. The van der Waals surface area contributed by atoms with Crippen molar-refractivity contribution >= 4 is 23.5 Å². The zero-order chi connectivity index (χ0) is 18.7. The van der Waals surface area contributed by atoms with Gasteiger partial charge in [0.2, 0.25) is 0 Å². The van der Waals surface area contributed by atoms with Crippen molar-refractivity contribution in [2.75, 3.05) is 0 Å². The number of rotatable bonds is 3. The van der Waals surface area contributed by atoms with E-state index >= 15 is 0 Å². The Morgan fingerprint density at radius 2 is 1.73 bits per heavy atom. The van der Waals surface area contributed by atoms with Crippen molar-refractivity contribution in [2.45, 2.75) is 24.9 Å². The Bertz CT molecular complexity index is 844. The van der Waals surface area contributed by atoms with Crippen LogP contribution in [0.2, 0.25) is 0 Å². The van der Waals surface area contributed by atoms with E-state index in [1.54, 1.807) is 0 Å². The van der Waals surface area contributed by atoms with Crippen molar-refractivity contribution < 1.29 is 22.8 Å². The molecule has 0 aliphatic heterocycles. The summed E-state index contributed by atoms with van der Waals surface area (Å²) >= 11 is 0. The fraction of sp³-hybridized carbons (Fsp3) is 0.250. The summed E-state index contributed by atoms with van der Waals surface area (Å²) in [7, 11) is 0. The molecule has 2 aromatic carbocycles. The number of hydrogen-bond donors (Lipinski definition) is 0. The van der Waals surface area contributed by atoms with E-state index in [9.17, 15) is 22.8 Å². The van der Waals surface area contributed by atoms with Crippen LogP contribution >= 0.6 is 0 Å². The molecule has 0 saturated heterocycles. The number of halogens is 3. The van der Waals surface area contributed by atoms with Gasteiger partial charge in [-0.25, -0.2) is 0 Å². The van der Waals surface area contributed by atoms with Crippen molar-refractivity contribution in [3.8, 4) is 0 Å². The molecule has 2 atom stereocenters. The maximum atomic E-state index is 12.8. The van der Waals surface area contributed by atoms with Gasteiger partial charge in [0.25, 0.3) is 0 Å². The Hall–Kier alpha value is -2.76. The molecule has 2 aromatic rings. The Kier molecular flexibility index (Phi) is 5.02. The fourth-order valence-electron chi connectivity index (χ4n) is 3.06. The van der Waals surface area contributed by atoms with Gasteiger partial charge in [-0.1, -0.05) is 36.4 Å². The highest BCUT2D eigenvalue weighted by Crippen LogP contribution is 2.33. The molecular formula is C20H16F3NO2. The fourth-order valence-corrected chi connectivity index (χ4v) is 3.06. The number of ketones is 2. The van der Waals surface area contributed by atoms with Gasteiger partial charge in [0.1, 0.15) is 11.7 Å². The Balaban J connectivity index is 1.83. The van der Waals surface area contributed by atoms with E-state index in [0.717, 1.165) is 17.7 Å². The van der Waals surface area contributed by atoms with Crippen molar-refractivity contribution in [3.05, 3.63) is 65.7 Å². The van der Waals surface area contributed by atoms with E-state index < -0.39 is 23.6 Å². The maximum absolute atomic E-state index is 12.8. The molecule has 3 nitrogen and oxygen atoms in total. The zero-order valence-corrected chi connectivity index (χ0v) is 13.7. The average molecular weight is 359 g/mol. The standard InChI is InChI=1S/C20H16F3NO2/c21-20(22,23)14-7-4-8-15(11-14)24-12-17-18(25)10-9-16(19(17)26)13-5-2-1-3-6-13/h1-8,11-12,16-17H,9-10H2. The van der Waals surface area contributed by atoms with Crippen molar-refractivity contribution in [1.29, 1.82) is 0 Å². The van der Waals surface area contributed by atoms with Crippen LogP contribution in [0.15, 0.2) is 59.6 Å². The molecule has 1 saturated carbocycles. The highest BCUT2D eigenvalue weighted by atomic mass is 19.4. The normalized spacial score (nSPS) is 21.3. The second kappa shape index (κ2) is 7.23. The molecule has 1 aliphatic carbocycles. The summed E-state index contributed by atoms with van der Waals surface area (Å²) < 4.78 is 38.3. The molecule has 134 valence electrons. The van der Waals surface area contributed by atoms with Gasteiger partial charge in [-0.05, 0) is 30.2 Å². The Morgan fingerprint density at radius 3 is 2.42 bits per heavy atom. The van der Waals surface area contributed by atoms with Crippen LogP contribution in [0.25, 0.3) is 0 Å². The quantitative estimate of drug-likeness (QED) is 0.587. The van der Waals surface area contributed by atoms with E-state index in [1.165, 1.54) is 18.3 Å². The first-order valence-corrected chi connectivity index (χ1v) is 8.19. The predicted molar refractivity (Wildman–Crippen MR) is 91.5 cm³/mol. The minimum Gasteiger partial charge on any atom is -0.298 e. The summed E-state index contributed by atoms with van der Waals surface area (Å²) in [5, 5.41) is 0. The molecular weight excluding hydrogens is 343 g/mol. The summed E-state index contributed by atoms with van der Waals surface area (Å²) in [6.07, 6.45) is -2.62. The van der Waals surface area contributed by atoms with Gasteiger partial charge < -0.3 is 0 Å². The van der Waals surface area contributed by atoms with Gasteiger partial charge >= 0.3 is 6.18 Å². The Morgan fingerprint density at radius 1 is 1.00 bits per heavy atom. The SMILES string of the molecule is O=C1CCC(c2ccccc2)C(=O)C1C=Nc1cccc(C(F)(F)F)c1. The lowest BCUT2D eigenvalue weighted by Crippen LogP contribution is -2.35. The van der Waals surface area contributed by atoms with Crippen LogP contribution in [0.1, 0.15) is 29.9 Å². The van der Waals surface area contributed by atoms with Crippen LogP contribution in [0.5, 0.6) is 0 Å². The summed E-state index contributed by atoms with van der Waals surface area (Å²) in [6, 6.07) is 13.6. The summed E-state index contributed by atoms with van der Waals surface area (Å²) in [5.74, 6) is -1.93. The number of hydrogen-bond acceptors (Lipinski definition) is 3. The van der Waals surface area contributed by atoms with Crippen LogP contribution in [0, 0.1) is 5.92 Å². The molecule has 1 fully saturated rings. The van der Waals surface area contributed by atoms with E-state index in [-0.39, 0.29) is 23.7 Å². The minimum absolute atomic E-state index is 0.0576. The van der Waals surface area contributed by atoms with Crippen LogP contribution in [0.3, 0.4) is 0 Å². The molecule has 0 amide bonds. The Labute approximate surface area is 148 Å². The molecule has 3 rings (SSSR count). The number of alkyl halides is 3. The second-order valence-corrected chi connectivity index (χ2v) is 6.17. The van der Waals surface area contributed by atoms with Crippen molar-refractivity contribution in [3.63, 3.8) is 0 Å². The monoisotopic (exact) mass is 359 g/mol. The van der Waals surface area contributed by atoms with Gasteiger partial charge in [-0.15, -0.1) is 0 Å². The minimum atomic E-state index is -4.47. The first-order chi connectivity index (χ1) is 12.4. The van der Waals surface area contributed by atoms with Crippen molar-refractivity contribution in [1.82, 2.24) is 0 Å². The summed E-state index contributed by atoms with van der Waals surface area (Å²) in [6.45, 7) is 0. The third kappa shape index (κ3) is 3.90. The molecule has 0 aromatic heterocycles. The van der Waals surface area contributed by atoms with E-state index in [0.29, 0.717) is 6.42 Å². The molecule has 0 radical (unpaired) electrons. The topological polar surface area (TPSA) is 46.5 Å². The van der Waals surface area contributed by atoms with Crippen LogP contribution < -0.4 is 0 Å². The lowest BCUT2D eigenvalue weighted by Gasteiger charge is -2.25. The summed E-state index contributed by atoms with van der Waals surface area (Å²) in [4.78, 5) is 28.8. The van der Waals surface area contributed by atoms with E-state index in [4.69, 9.17) is 0 Å². The average Bonchev–Trinajstić information content (AvgIpc) is 2.62. The number of aliphatic imine (C=N–C) groups is 1. The van der Waals surface area contributed by atoms with Gasteiger partial charge in [-0.2, -0.15) is 13.2 Å². The molecule has 6 heteroatoms. The first-order valence-electron chi connectivity index (χ1n) is 8.19. The number of carbonyl (C=O) groups excluding carboxylic acids is 2. The highest BCUT2D eigenvalue weighted by molar-refractivity contribution is 6.18. The molecule has 0 heterocycles. The van der Waals surface area contributed by atoms with Gasteiger partial charge in [0, 0.05) is 18.6 Å². The van der Waals surface area contributed by atoms with E-state index in [2.05, 4.69) is 4.99 Å². The van der Waals surface area contributed by atoms with Crippen molar-refractivity contribution in [2.24, 2.45) is 10.9 Å². The number of benzene rings is 2. The third-order valence-corrected chi connectivity index (χ3v) is 4.42. The van der Waals surface area contributed by atoms with Crippen LogP contribution in [-0.2, 0) is 15.8 Å². The van der Waals surface area contributed by atoms with Crippen LogP contribution in [-0.4, -0.2) is 17.8 Å².